The van der Waals surface area contributed by atoms with E-state index in [2.05, 4.69) is 36.1 Å². The number of para-hydroxylation sites is 1. The van der Waals surface area contributed by atoms with E-state index in [0.717, 1.165) is 11.4 Å². The Balaban J connectivity index is 2.03. The molecule has 0 aliphatic rings. The molecule has 2 nitrogen and oxygen atoms in total. The van der Waals surface area contributed by atoms with Crippen LogP contribution < -0.4 is 9.64 Å². The first-order chi connectivity index (χ1) is 8.66. The van der Waals surface area contributed by atoms with Crippen molar-refractivity contribution in [2.24, 2.45) is 0 Å². The molecule has 2 aromatic rings. The lowest BCUT2D eigenvalue weighted by Gasteiger charge is -2.27. The molecule has 2 rings (SSSR count). The first-order valence-electron chi connectivity index (χ1n) is 6.18. The maximum atomic E-state index is 5.91. The molecule has 0 amide bonds. The second-order valence-electron chi connectivity index (χ2n) is 4.48. The molecule has 0 N–H and O–H groups in total. The Bertz CT molecular complexity index is 478. The van der Waals surface area contributed by atoms with Gasteiger partial charge in [-0.1, -0.05) is 35.9 Å². The van der Waals surface area contributed by atoms with Gasteiger partial charge in [-0.15, -0.1) is 0 Å². The third-order valence-electron chi connectivity index (χ3n) is 3.04. The van der Waals surface area contributed by atoms with Crippen molar-refractivity contribution in [2.45, 2.75) is 20.1 Å². The summed E-state index contributed by atoms with van der Waals surface area (Å²) in [7, 11) is 2.04. The Labute approximate surface area is 109 Å². The lowest BCUT2D eigenvalue weighted by molar-refractivity contribution is 0.221. The van der Waals surface area contributed by atoms with E-state index in [1.54, 1.807) is 0 Å². The predicted octanol–water partition coefficient (Wildman–Crippen LogP) is 3.86. The van der Waals surface area contributed by atoms with E-state index in [4.69, 9.17) is 4.74 Å². The Hall–Kier alpha value is -1.96. The smallest absolute Gasteiger partial charge is 0.169 e. The standard InChI is InChI=1S/C16H19NO/c1-13-9-11-16(12-10-13)18-14(2)17(3)15-7-5-4-6-8-15/h4-12,14H,1-3H3. The number of nitrogens with zero attached hydrogens (tertiary/aromatic N) is 1. The molecule has 0 aliphatic carbocycles. The summed E-state index contributed by atoms with van der Waals surface area (Å²) in [6.45, 7) is 4.12. The Kier molecular flexibility index (Phi) is 3.88. The van der Waals surface area contributed by atoms with E-state index in [-0.39, 0.29) is 6.23 Å². The monoisotopic (exact) mass is 241 g/mol. The molecule has 0 saturated carbocycles. The molecule has 0 aromatic heterocycles. The molecule has 0 bridgehead atoms. The number of ether oxygens (including phenoxy) is 1. The predicted molar refractivity (Wildman–Crippen MR) is 76.1 cm³/mol. The van der Waals surface area contributed by atoms with Crippen LogP contribution in [0.15, 0.2) is 54.6 Å². The third kappa shape index (κ3) is 3.04. The minimum absolute atomic E-state index is 0.00453. The zero-order chi connectivity index (χ0) is 13.0. The summed E-state index contributed by atoms with van der Waals surface area (Å²) in [5.74, 6) is 0.899. The topological polar surface area (TPSA) is 12.5 Å². The molecule has 1 atom stereocenters. The highest BCUT2D eigenvalue weighted by Crippen LogP contribution is 2.18. The van der Waals surface area contributed by atoms with E-state index in [1.807, 2.05) is 44.3 Å². The van der Waals surface area contributed by atoms with Crippen molar-refractivity contribution >= 4 is 5.69 Å². The van der Waals surface area contributed by atoms with E-state index in [9.17, 15) is 0 Å². The molecule has 1 unspecified atom stereocenters. The zero-order valence-corrected chi connectivity index (χ0v) is 11.1. The Morgan fingerprint density at radius 2 is 1.56 bits per heavy atom. The van der Waals surface area contributed by atoms with Crippen LogP contribution in [0.4, 0.5) is 5.69 Å². The largest absolute Gasteiger partial charge is 0.471 e. The van der Waals surface area contributed by atoms with Gasteiger partial charge >= 0.3 is 0 Å². The van der Waals surface area contributed by atoms with Gasteiger partial charge in [-0.2, -0.15) is 0 Å². The second kappa shape index (κ2) is 5.58. The highest BCUT2D eigenvalue weighted by atomic mass is 16.5. The Morgan fingerprint density at radius 3 is 2.17 bits per heavy atom. The first-order valence-corrected chi connectivity index (χ1v) is 6.18. The first kappa shape index (κ1) is 12.5. The molecule has 0 spiro atoms. The van der Waals surface area contributed by atoms with Crippen molar-refractivity contribution in [2.75, 3.05) is 11.9 Å². The lowest BCUT2D eigenvalue weighted by atomic mass is 10.2. The molecule has 18 heavy (non-hydrogen) atoms. The minimum atomic E-state index is -0.00453. The van der Waals surface area contributed by atoms with Crippen LogP contribution in [-0.4, -0.2) is 13.3 Å². The van der Waals surface area contributed by atoms with Crippen molar-refractivity contribution in [1.29, 1.82) is 0 Å². The molecule has 0 radical (unpaired) electrons. The van der Waals surface area contributed by atoms with E-state index >= 15 is 0 Å². The number of rotatable bonds is 4. The normalized spacial score (nSPS) is 11.9. The average molecular weight is 241 g/mol. The number of hydrogen-bond donors (Lipinski definition) is 0. The van der Waals surface area contributed by atoms with Crippen LogP contribution in [-0.2, 0) is 0 Å². The second-order valence-corrected chi connectivity index (χ2v) is 4.48. The van der Waals surface area contributed by atoms with Gasteiger partial charge in [0, 0.05) is 12.7 Å². The van der Waals surface area contributed by atoms with Crippen LogP contribution in [0.1, 0.15) is 12.5 Å². The van der Waals surface area contributed by atoms with E-state index in [1.165, 1.54) is 5.56 Å². The van der Waals surface area contributed by atoms with Gasteiger partial charge in [-0.05, 0) is 38.1 Å². The molecule has 0 heterocycles. The van der Waals surface area contributed by atoms with Gasteiger partial charge in [-0.25, -0.2) is 0 Å². The fourth-order valence-corrected chi connectivity index (χ4v) is 1.77. The summed E-state index contributed by atoms with van der Waals surface area (Å²) in [4.78, 5) is 2.11. The summed E-state index contributed by atoms with van der Waals surface area (Å²) in [6, 6.07) is 18.4. The number of aryl methyl sites for hydroxylation is 1. The number of anilines is 1. The van der Waals surface area contributed by atoms with Crippen molar-refractivity contribution < 1.29 is 4.74 Å². The van der Waals surface area contributed by atoms with Gasteiger partial charge in [0.15, 0.2) is 6.23 Å². The molecule has 2 heteroatoms. The van der Waals surface area contributed by atoms with Gasteiger partial charge in [0.25, 0.3) is 0 Å². The van der Waals surface area contributed by atoms with Crippen LogP contribution in [0, 0.1) is 6.92 Å². The zero-order valence-electron chi connectivity index (χ0n) is 11.1. The summed E-state index contributed by atoms with van der Waals surface area (Å²) in [5, 5.41) is 0. The SMILES string of the molecule is Cc1ccc(OC(C)N(C)c2ccccc2)cc1. The maximum Gasteiger partial charge on any atom is 0.169 e. The molecule has 0 fully saturated rings. The Morgan fingerprint density at radius 1 is 0.944 bits per heavy atom. The van der Waals surface area contributed by atoms with E-state index < -0.39 is 0 Å². The van der Waals surface area contributed by atoms with Crippen LogP contribution in [0.3, 0.4) is 0 Å². The van der Waals surface area contributed by atoms with Crippen LogP contribution in [0.5, 0.6) is 5.75 Å². The molecular formula is C16H19NO. The maximum absolute atomic E-state index is 5.91. The van der Waals surface area contributed by atoms with Gasteiger partial charge in [-0.3, -0.25) is 0 Å². The van der Waals surface area contributed by atoms with Crippen molar-refractivity contribution in [3.8, 4) is 5.75 Å². The quantitative estimate of drug-likeness (QED) is 0.754. The summed E-state index contributed by atoms with van der Waals surface area (Å²) in [5.41, 5.74) is 2.39. The summed E-state index contributed by atoms with van der Waals surface area (Å²) in [6.07, 6.45) is -0.00453. The van der Waals surface area contributed by atoms with Gasteiger partial charge in [0.1, 0.15) is 5.75 Å². The van der Waals surface area contributed by atoms with Crippen LogP contribution >= 0.6 is 0 Å². The van der Waals surface area contributed by atoms with Gasteiger partial charge in [0.2, 0.25) is 0 Å². The van der Waals surface area contributed by atoms with Crippen molar-refractivity contribution in [3.05, 3.63) is 60.2 Å². The van der Waals surface area contributed by atoms with E-state index in [0.29, 0.717) is 0 Å². The minimum Gasteiger partial charge on any atom is -0.471 e. The summed E-state index contributed by atoms with van der Waals surface area (Å²) >= 11 is 0. The fourth-order valence-electron chi connectivity index (χ4n) is 1.77. The number of hydrogen-bond acceptors (Lipinski definition) is 2. The molecule has 0 aliphatic heterocycles. The molecular weight excluding hydrogens is 222 g/mol. The molecule has 2 aromatic carbocycles. The third-order valence-corrected chi connectivity index (χ3v) is 3.04. The van der Waals surface area contributed by atoms with Crippen LogP contribution in [0.2, 0.25) is 0 Å². The highest BCUT2D eigenvalue weighted by Gasteiger charge is 2.10. The van der Waals surface area contributed by atoms with Crippen LogP contribution in [0.25, 0.3) is 0 Å². The molecule has 0 saturated heterocycles. The fraction of sp³-hybridized carbons (Fsp3) is 0.250. The van der Waals surface area contributed by atoms with Crippen molar-refractivity contribution in [3.63, 3.8) is 0 Å². The lowest BCUT2D eigenvalue weighted by Crippen LogP contribution is -2.33. The van der Waals surface area contributed by atoms with Gasteiger partial charge in [0.05, 0.1) is 0 Å². The van der Waals surface area contributed by atoms with Gasteiger partial charge < -0.3 is 9.64 Å². The summed E-state index contributed by atoms with van der Waals surface area (Å²) < 4.78 is 5.91. The average Bonchev–Trinajstić information content (AvgIpc) is 2.41. The van der Waals surface area contributed by atoms with Crippen molar-refractivity contribution in [1.82, 2.24) is 0 Å². The molecule has 94 valence electrons. The highest BCUT2D eigenvalue weighted by molar-refractivity contribution is 5.45. The number of benzene rings is 2.